The molecule has 1 aliphatic carbocycles. The van der Waals surface area contributed by atoms with E-state index in [1.807, 2.05) is 24.3 Å². The van der Waals surface area contributed by atoms with Gasteiger partial charge in [0.05, 0.1) is 11.8 Å². The number of rotatable bonds is 4. The third-order valence-corrected chi connectivity index (χ3v) is 5.05. The Hall–Kier alpha value is -2.35. The molecule has 1 aliphatic rings. The highest BCUT2D eigenvalue weighted by molar-refractivity contribution is 5.89. The lowest BCUT2D eigenvalue weighted by molar-refractivity contribution is 0.0662. The zero-order valence-electron chi connectivity index (χ0n) is 15.1. The largest absolute Gasteiger partial charge is 0.431 e. The SMILES string of the molecule is CC1(C)CCc2ccc(CC=COC(=O)c3ccccc3)cc2CC1. The molecular weight excluding hydrogens is 308 g/mol. The van der Waals surface area contributed by atoms with Gasteiger partial charge in [-0.25, -0.2) is 4.79 Å². The number of carbonyl (C=O) groups excluding carboxylic acids is 1. The van der Waals surface area contributed by atoms with Crippen molar-refractivity contribution in [3.05, 3.63) is 83.1 Å². The van der Waals surface area contributed by atoms with E-state index in [4.69, 9.17) is 4.74 Å². The van der Waals surface area contributed by atoms with Crippen LogP contribution in [-0.4, -0.2) is 5.97 Å². The summed E-state index contributed by atoms with van der Waals surface area (Å²) in [6.45, 7) is 4.73. The van der Waals surface area contributed by atoms with Crippen molar-refractivity contribution in [1.82, 2.24) is 0 Å². The van der Waals surface area contributed by atoms with Gasteiger partial charge in [0.1, 0.15) is 0 Å². The molecule has 0 unspecified atom stereocenters. The third-order valence-electron chi connectivity index (χ3n) is 5.05. The Kier molecular flexibility index (Phi) is 5.37. The van der Waals surface area contributed by atoms with Gasteiger partial charge in [-0.2, -0.15) is 0 Å². The van der Waals surface area contributed by atoms with E-state index >= 15 is 0 Å². The first-order valence-electron chi connectivity index (χ1n) is 9.05. The second-order valence-corrected chi connectivity index (χ2v) is 7.61. The van der Waals surface area contributed by atoms with Crippen molar-refractivity contribution in [3.63, 3.8) is 0 Å². The summed E-state index contributed by atoms with van der Waals surface area (Å²) in [6, 6.07) is 15.8. The monoisotopic (exact) mass is 334 g/mol. The number of hydrogen-bond donors (Lipinski definition) is 0. The molecule has 0 fully saturated rings. The molecule has 2 aromatic rings. The minimum atomic E-state index is -0.319. The fourth-order valence-corrected chi connectivity index (χ4v) is 3.29. The summed E-state index contributed by atoms with van der Waals surface area (Å²) in [4.78, 5) is 11.9. The molecule has 0 atom stereocenters. The maximum atomic E-state index is 11.9. The second-order valence-electron chi connectivity index (χ2n) is 7.61. The first-order chi connectivity index (χ1) is 12.0. The van der Waals surface area contributed by atoms with E-state index in [9.17, 15) is 4.79 Å². The molecular formula is C23H26O2. The summed E-state index contributed by atoms with van der Waals surface area (Å²) in [6.07, 6.45) is 9.02. The number of carbonyl (C=O) groups is 1. The fraction of sp³-hybridized carbons (Fsp3) is 0.348. The van der Waals surface area contributed by atoms with E-state index in [1.165, 1.54) is 42.2 Å². The van der Waals surface area contributed by atoms with E-state index in [0.29, 0.717) is 11.0 Å². The lowest BCUT2D eigenvalue weighted by Gasteiger charge is -2.21. The van der Waals surface area contributed by atoms with E-state index < -0.39 is 0 Å². The van der Waals surface area contributed by atoms with Crippen LogP contribution < -0.4 is 0 Å². The number of allylic oxidation sites excluding steroid dienone is 1. The van der Waals surface area contributed by atoms with Crippen LogP contribution in [0, 0.1) is 5.41 Å². The van der Waals surface area contributed by atoms with Gasteiger partial charge in [-0.05, 0) is 72.4 Å². The van der Waals surface area contributed by atoms with Crippen molar-refractivity contribution < 1.29 is 9.53 Å². The van der Waals surface area contributed by atoms with Crippen LogP contribution in [0.3, 0.4) is 0 Å². The van der Waals surface area contributed by atoms with Crippen LogP contribution >= 0.6 is 0 Å². The normalized spacial score (nSPS) is 16.2. The Morgan fingerprint density at radius 3 is 2.52 bits per heavy atom. The summed E-state index contributed by atoms with van der Waals surface area (Å²) in [7, 11) is 0. The van der Waals surface area contributed by atoms with E-state index in [-0.39, 0.29) is 5.97 Å². The number of aryl methyl sites for hydroxylation is 2. The molecule has 2 aromatic carbocycles. The molecule has 2 heteroatoms. The molecule has 3 rings (SSSR count). The number of esters is 1. The lowest BCUT2D eigenvalue weighted by atomic mass is 9.85. The molecule has 0 heterocycles. The average molecular weight is 334 g/mol. The molecule has 0 saturated carbocycles. The van der Waals surface area contributed by atoms with Crippen LogP contribution in [0.4, 0.5) is 0 Å². The summed E-state index contributed by atoms with van der Waals surface area (Å²) in [5, 5.41) is 0. The topological polar surface area (TPSA) is 26.3 Å². The van der Waals surface area contributed by atoms with Gasteiger partial charge in [0.25, 0.3) is 0 Å². The predicted octanol–water partition coefficient (Wildman–Crippen LogP) is 5.50. The van der Waals surface area contributed by atoms with Gasteiger partial charge >= 0.3 is 5.97 Å². The Balaban J connectivity index is 1.57. The van der Waals surface area contributed by atoms with Crippen LogP contribution in [0.25, 0.3) is 0 Å². The van der Waals surface area contributed by atoms with Crippen molar-refractivity contribution in [2.45, 2.75) is 46.0 Å². The first-order valence-corrected chi connectivity index (χ1v) is 9.05. The Labute approximate surface area is 150 Å². The molecule has 0 aliphatic heterocycles. The third kappa shape index (κ3) is 4.82. The van der Waals surface area contributed by atoms with Crippen LogP contribution in [0.1, 0.15) is 53.7 Å². The van der Waals surface area contributed by atoms with Gasteiger partial charge in [-0.15, -0.1) is 0 Å². The zero-order chi connectivity index (χ0) is 17.7. The van der Waals surface area contributed by atoms with Crippen molar-refractivity contribution in [3.8, 4) is 0 Å². The smallest absolute Gasteiger partial charge is 0.342 e. The Bertz CT molecular complexity index is 757. The number of benzene rings is 2. The highest BCUT2D eigenvalue weighted by Crippen LogP contribution is 2.33. The van der Waals surface area contributed by atoms with Crippen LogP contribution in [0.15, 0.2) is 60.9 Å². The number of hydrogen-bond acceptors (Lipinski definition) is 2. The summed E-state index contributed by atoms with van der Waals surface area (Å²) in [5.74, 6) is -0.319. The molecule has 25 heavy (non-hydrogen) atoms. The van der Waals surface area contributed by atoms with E-state index in [0.717, 1.165) is 12.8 Å². The minimum absolute atomic E-state index is 0.319. The van der Waals surface area contributed by atoms with Crippen LogP contribution in [0.5, 0.6) is 0 Å². The first kappa shape index (κ1) is 17.5. The standard InChI is InChI=1S/C23H26O2/c1-23(2)14-12-19-11-10-18(17-21(19)13-15-23)7-6-16-25-22(24)20-8-4-3-5-9-20/h3-6,8-11,16-17H,7,12-15H2,1-2H3. The molecule has 0 aromatic heterocycles. The van der Waals surface area contributed by atoms with E-state index in [1.54, 1.807) is 12.1 Å². The predicted molar refractivity (Wildman–Crippen MR) is 102 cm³/mol. The molecule has 0 radical (unpaired) electrons. The Morgan fingerprint density at radius 2 is 1.76 bits per heavy atom. The van der Waals surface area contributed by atoms with Crippen molar-refractivity contribution in [1.29, 1.82) is 0 Å². The second kappa shape index (κ2) is 7.69. The van der Waals surface area contributed by atoms with Crippen molar-refractivity contribution in [2.75, 3.05) is 0 Å². The summed E-state index contributed by atoms with van der Waals surface area (Å²) >= 11 is 0. The molecule has 0 N–H and O–H groups in total. The molecule has 0 saturated heterocycles. The molecule has 0 bridgehead atoms. The van der Waals surface area contributed by atoms with Gasteiger partial charge in [0.2, 0.25) is 0 Å². The zero-order valence-corrected chi connectivity index (χ0v) is 15.1. The van der Waals surface area contributed by atoms with Gasteiger partial charge < -0.3 is 4.74 Å². The number of ether oxygens (including phenoxy) is 1. The summed E-state index contributed by atoms with van der Waals surface area (Å²) in [5.41, 5.74) is 5.25. The van der Waals surface area contributed by atoms with Gasteiger partial charge in [-0.1, -0.05) is 50.2 Å². The highest BCUT2D eigenvalue weighted by Gasteiger charge is 2.22. The molecule has 0 amide bonds. The summed E-state index contributed by atoms with van der Waals surface area (Å²) < 4.78 is 5.19. The van der Waals surface area contributed by atoms with Gasteiger partial charge in [0, 0.05) is 0 Å². The van der Waals surface area contributed by atoms with Crippen LogP contribution in [0.2, 0.25) is 0 Å². The van der Waals surface area contributed by atoms with Gasteiger partial charge in [-0.3, -0.25) is 0 Å². The van der Waals surface area contributed by atoms with Gasteiger partial charge in [0.15, 0.2) is 0 Å². The minimum Gasteiger partial charge on any atom is -0.431 e. The van der Waals surface area contributed by atoms with Crippen molar-refractivity contribution >= 4 is 5.97 Å². The molecule has 0 spiro atoms. The maximum Gasteiger partial charge on any atom is 0.342 e. The highest BCUT2D eigenvalue weighted by atomic mass is 16.5. The maximum absolute atomic E-state index is 11.9. The average Bonchev–Trinajstić information content (AvgIpc) is 2.78. The fourth-order valence-electron chi connectivity index (χ4n) is 3.29. The molecule has 2 nitrogen and oxygen atoms in total. The van der Waals surface area contributed by atoms with Crippen molar-refractivity contribution in [2.24, 2.45) is 5.41 Å². The van der Waals surface area contributed by atoms with Crippen LogP contribution in [-0.2, 0) is 24.0 Å². The quantitative estimate of drug-likeness (QED) is 0.419. The lowest BCUT2D eigenvalue weighted by Crippen LogP contribution is -2.10. The Morgan fingerprint density at radius 1 is 1.04 bits per heavy atom. The van der Waals surface area contributed by atoms with E-state index in [2.05, 4.69) is 32.0 Å². The molecule has 130 valence electrons. The number of fused-ring (bicyclic) bond motifs is 1.